The first kappa shape index (κ1) is 22.2. The van der Waals surface area contributed by atoms with Crippen LogP contribution in [0.5, 0.6) is 0 Å². The molecule has 1 unspecified atom stereocenters. The highest BCUT2D eigenvalue weighted by atomic mass is 127. The Kier molecular flexibility index (Phi) is 11.3. The van der Waals surface area contributed by atoms with Gasteiger partial charge in [-0.3, -0.25) is 0 Å². The van der Waals surface area contributed by atoms with E-state index in [2.05, 4.69) is 86.6 Å². The van der Waals surface area contributed by atoms with Gasteiger partial charge in [0.05, 0.1) is 6.54 Å². The van der Waals surface area contributed by atoms with Gasteiger partial charge in [0.1, 0.15) is 0 Å². The van der Waals surface area contributed by atoms with Crippen LogP contribution in [0, 0.1) is 5.92 Å². The predicted molar refractivity (Wildman–Crippen MR) is 111 cm³/mol. The van der Waals surface area contributed by atoms with E-state index in [4.69, 9.17) is 0 Å². The number of nitrogens with zero attached hydrogens (tertiary/aromatic N) is 2. The van der Waals surface area contributed by atoms with Gasteiger partial charge in [0.15, 0.2) is 5.96 Å². The quantitative estimate of drug-likeness (QED) is 0.394. The number of hydrogen-bond donors (Lipinski definition) is 2. The molecule has 2 N–H and O–H groups in total. The predicted octanol–water partition coefficient (Wildman–Crippen LogP) is 3.47. The fraction of sp³-hybridized carbons (Fsp3) is 0.611. The summed E-state index contributed by atoms with van der Waals surface area (Å²) in [5.41, 5.74) is 2.56. The van der Waals surface area contributed by atoms with E-state index < -0.39 is 0 Å². The summed E-state index contributed by atoms with van der Waals surface area (Å²) in [6.45, 7) is 11.2. The Morgan fingerprint density at radius 3 is 2.13 bits per heavy atom. The first-order chi connectivity index (χ1) is 10.4. The molecule has 0 amide bonds. The third-order valence-corrected chi connectivity index (χ3v) is 3.65. The summed E-state index contributed by atoms with van der Waals surface area (Å²) in [5, 5.41) is 6.77. The van der Waals surface area contributed by atoms with Crippen molar-refractivity contribution in [3.05, 3.63) is 35.4 Å². The van der Waals surface area contributed by atoms with Gasteiger partial charge in [0.2, 0.25) is 0 Å². The zero-order valence-corrected chi connectivity index (χ0v) is 17.7. The molecule has 0 fully saturated rings. The third-order valence-electron chi connectivity index (χ3n) is 3.65. The SMILES string of the molecule is CCNC(=NCc1ccc(CN(C)C)cc1)NC(C)C(C)C.I. The molecule has 0 saturated carbocycles. The lowest BCUT2D eigenvalue weighted by atomic mass is 10.1. The second kappa shape index (κ2) is 11.7. The molecule has 23 heavy (non-hydrogen) atoms. The molecule has 0 aromatic heterocycles. The lowest BCUT2D eigenvalue weighted by molar-refractivity contribution is 0.402. The summed E-state index contributed by atoms with van der Waals surface area (Å²) in [5.74, 6) is 1.47. The van der Waals surface area contributed by atoms with Crippen LogP contribution < -0.4 is 10.6 Å². The number of halogens is 1. The van der Waals surface area contributed by atoms with Crippen LogP contribution in [0.4, 0.5) is 0 Å². The fourth-order valence-corrected chi connectivity index (χ4v) is 1.99. The minimum absolute atomic E-state index is 0. The molecule has 0 saturated heterocycles. The van der Waals surface area contributed by atoms with E-state index in [1.165, 1.54) is 11.1 Å². The Labute approximate surface area is 159 Å². The normalized spacial score (nSPS) is 13.0. The highest BCUT2D eigenvalue weighted by molar-refractivity contribution is 14.0. The minimum atomic E-state index is 0. The van der Waals surface area contributed by atoms with E-state index in [1.807, 2.05) is 0 Å². The number of guanidine groups is 1. The highest BCUT2D eigenvalue weighted by Crippen LogP contribution is 2.07. The molecule has 0 heterocycles. The molecule has 0 aliphatic rings. The smallest absolute Gasteiger partial charge is 0.191 e. The second-order valence-electron chi connectivity index (χ2n) is 6.43. The van der Waals surface area contributed by atoms with Crippen molar-refractivity contribution in [3.63, 3.8) is 0 Å². The molecule has 0 bridgehead atoms. The maximum atomic E-state index is 4.68. The van der Waals surface area contributed by atoms with Gasteiger partial charge >= 0.3 is 0 Å². The van der Waals surface area contributed by atoms with Crippen LogP contribution in [0.2, 0.25) is 0 Å². The Morgan fingerprint density at radius 2 is 1.65 bits per heavy atom. The second-order valence-corrected chi connectivity index (χ2v) is 6.43. The molecule has 1 aromatic rings. The van der Waals surface area contributed by atoms with Crippen LogP contribution in [0.3, 0.4) is 0 Å². The summed E-state index contributed by atoms with van der Waals surface area (Å²) in [7, 11) is 4.17. The molecular formula is C18H33IN4. The van der Waals surface area contributed by atoms with E-state index >= 15 is 0 Å². The van der Waals surface area contributed by atoms with Gasteiger partial charge in [-0.25, -0.2) is 4.99 Å². The van der Waals surface area contributed by atoms with Crippen molar-refractivity contribution in [2.45, 2.75) is 46.8 Å². The lowest BCUT2D eigenvalue weighted by Gasteiger charge is -2.20. The van der Waals surface area contributed by atoms with Crippen molar-refractivity contribution in [1.29, 1.82) is 0 Å². The van der Waals surface area contributed by atoms with Crippen molar-refractivity contribution in [1.82, 2.24) is 15.5 Å². The number of benzene rings is 1. The lowest BCUT2D eigenvalue weighted by Crippen LogP contribution is -2.44. The summed E-state index contributed by atoms with van der Waals surface area (Å²) in [4.78, 5) is 6.85. The first-order valence-electron chi connectivity index (χ1n) is 8.19. The Balaban J connectivity index is 0.00000484. The molecule has 0 aliphatic carbocycles. The number of nitrogens with one attached hydrogen (secondary N) is 2. The molecule has 5 heteroatoms. The average molecular weight is 432 g/mol. The minimum Gasteiger partial charge on any atom is -0.357 e. The van der Waals surface area contributed by atoms with Crippen LogP contribution in [0.25, 0.3) is 0 Å². The largest absolute Gasteiger partial charge is 0.357 e. The zero-order valence-electron chi connectivity index (χ0n) is 15.4. The van der Waals surface area contributed by atoms with Crippen molar-refractivity contribution in [2.24, 2.45) is 10.9 Å². The Bertz CT molecular complexity index is 455. The van der Waals surface area contributed by atoms with Gasteiger partial charge in [-0.2, -0.15) is 0 Å². The zero-order chi connectivity index (χ0) is 16.5. The molecule has 1 aromatic carbocycles. The van der Waals surface area contributed by atoms with Crippen LogP contribution in [0.1, 0.15) is 38.8 Å². The van der Waals surface area contributed by atoms with Gasteiger partial charge in [-0.15, -0.1) is 24.0 Å². The molecule has 4 nitrogen and oxygen atoms in total. The van der Waals surface area contributed by atoms with Crippen LogP contribution in [-0.4, -0.2) is 37.5 Å². The molecule has 0 aliphatic heterocycles. The van der Waals surface area contributed by atoms with Crippen molar-refractivity contribution >= 4 is 29.9 Å². The average Bonchev–Trinajstić information content (AvgIpc) is 2.45. The summed E-state index contributed by atoms with van der Waals surface area (Å²) in [6.07, 6.45) is 0. The topological polar surface area (TPSA) is 39.7 Å². The van der Waals surface area contributed by atoms with E-state index in [9.17, 15) is 0 Å². The Morgan fingerprint density at radius 1 is 1.09 bits per heavy atom. The molecule has 1 rings (SSSR count). The van der Waals surface area contributed by atoms with Crippen molar-refractivity contribution < 1.29 is 0 Å². The van der Waals surface area contributed by atoms with Crippen LogP contribution in [-0.2, 0) is 13.1 Å². The van der Waals surface area contributed by atoms with Crippen LogP contribution in [0.15, 0.2) is 29.3 Å². The van der Waals surface area contributed by atoms with Crippen molar-refractivity contribution in [2.75, 3.05) is 20.6 Å². The van der Waals surface area contributed by atoms with Gasteiger partial charge in [0, 0.05) is 19.1 Å². The third kappa shape index (κ3) is 9.15. The van der Waals surface area contributed by atoms with Gasteiger partial charge in [-0.05, 0) is 45.0 Å². The van der Waals surface area contributed by atoms with Gasteiger partial charge < -0.3 is 15.5 Å². The number of rotatable bonds is 7. The number of hydrogen-bond acceptors (Lipinski definition) is 2. The van der Waals surface area contributed by atoms with Crippen molar-refractivity contribution in [3.8, 4) is 0 Å². The maximum Gasteiger partial charge on any atom is 0.191 e. The van der Waals surface area contributed by atoms with Gasteiger partial charge in [0.25, 0.3) is 0 Å². The van der Waals surface area contributed by atoms with Crippen LogP contribution >= 0.6 is 24.0 Å². The summed E-state index contributed by atoms with van der Waals surface area (Å²) in [6, 6.07) is 9.10. The van der Waals surface area contributed by atoms with E-state index in [1.54, 1.807) is 0 Å². The molecular weight excluding hydrogens is 399 g/mol. The molecule has 0 radical (unpaired) electrons. The van der Waals surface area contributed by atoms with Gasteiger partial charge in [-0.1, -0.05) is 38.1 Å². The first-order valence-corrected chi connectivity index (χ1v) is 8.19. The monoisotopic (exact) mass is 432 g/mol. The van der Waals surface area contributed by atoms with E-state index in [-0.39, 0.29) is 24.0 Å². The number of aliphatic imine (C=N–C) groups is 1. The molecule has 0 spiro atoms. The highest BCUT2D eigenvalue weighted by Gasteiger charge is 2.08. The molecule has 1 atom stereocenters. The summed E-state index contributed by atoms with van der Waals surface area (Å²) < 4.78 is 0. The Hall–Kier alpha value is -0.820. The molecule has 132 valence electrons. The fourth-order valence-electron chi connectivity index (χ4n) is 1.99. The van der Waals surface area contributed by atoms with E-state index in [0.717, 1.165) is 19.0 Å². The van der Waals surface area contributed by atoms with E-state index in [0.29, 0.717) is 18.5 Å². The summed E-state index contributed by atoms with van der Waals surface area (Å²) >= 11 is 0. The maximum absolute atomic E-state index is 4.68. The standard InChI is InChI=1S/C18H32N4.HI/c1-7-19-18(21-15(4)14(2)3)20-12-16-8-10-17(11-9-16)13-22(5)6;/h8-11,14-15H,7,12-13H2,1-6H3,(H2,19,20,21);1H.